The monoisotopic (exact) mass is 412 g/mol. The van der Waals surface area contributed by atoms with Crippen molar-refractivity contribution in [2.24, 2.45) is 0 Å². The Balaban J connectivity index is 1.62. The fraction of sp³-hybridized carbons (Fsp3) is 0.200. The van der Waals surface area contributed by atoms with Crippen molar-refractivity contribution < 1.29 is 4.42 Å². The molecule has 4 aromatic rings. The molecule has 0 amide bonds. The van der Waals surface area contributed by atoms with Gasteiger partial charge in [-0.3, -0.25) is 9.36 Å². The number of hydrogen-bond acceptors (Lipinski definition) is 6. The molecule has 0 unspecified atom stereocenters. The minimum atomic E-state index is -0.0303. The summed E-state index contributed by atoms with van der Waals surface area (Å²) in [5.41, 5.74) is 1.35. The van der Waals surface area contributed by atoms with Gasteiger partial charge in [0.25, 0.3) is 5.56 Å². The van der Waals surface area contributed by atoms with Crippen LogP contribution in [0.1, 0.15) is 19.2 Å². The summed E-state index contributed by atoms with van der Waals surface area (Å²) in [6.45, 7) is 2.64. The molecule has 0 saturated heterocycles. The van der Waals surface area contributed by atoms with Crippen molar-refractivity contribution in [1.29, 1.82) is 0 Å². The summed E-state index contributed by atoms with van der Waals surface area (Å²) in [5, 5.41) is 10.0. The number of aromatic nitrogens is 4. The van der Waals surface area contributed by atoms with Crippen molar-refractivity contribution in [3.05, 3.63) is 69.8 Å². The van der Waals surface area contributed by atoms with Gasteiger partial charge in [0.1, 0.15) is 0 Å². The Morgan fingerprint density at radius 1 is 1.11 bits per heavy atom. The SMILES string of the molecule is CCCn1c(SCc2nnc(-c3ccccc3Cl)o2)nc2ccccc2c1=O. The summed E-state index contributed by atoms with van der Waals surface area (Å²) in [4.78, 5) is 17.5. The van der Waals surface area contributed by atoms with Gasteiger partial charge in [0.05, 0.1) is 27.2 Å². The normalized spacial score (nSPS) is 11.2. The second-order valence-corrected chi connectivity index (χ2v) is 7.49. The summed E-state index contributed by atoms with van der Waals surface area (Å²) in [5.74, 6) is 1.23. The lowest BCUT2D eigenvalue weighted by atomic mass is 10.2. The van der Waals surface area contributed by atoms with Gasteiger partial charge in [0.2, 0.25) is 11.8 Å². The highest BCUT2D eigenvalue weighted by Crippen LogP contribution is 2.28. The van der Waals surface area contributed by atoms with E-state index in [9.17, 15) is 4.79 Å². The molecule has 0 atom stereocenters. The number of rotatable bonds is 6. The maximum atomic E-state index is 12.8. The lowest BCUT2D eigenvalue weighted by Crippen LogP contribution is -2.23. The molecular weight excluding hydrogens is 396 g/mol. The van der Waals surface area contributed by atoms with Crippen LogP contribution in [0.4, 0.5) is 0 Å². The summed E-state index contributed by atoms with van der Waals surface area (Å²) in [6.07, 6.45) is 0.838. The molecule has 0 saturated carbocycles. The lowest BCUT2D eigenvalue weighted by Gasteiger charge is -2.11. The smallest absolute Gasteiger partial charge is 0.262 e. The minimum absolute atomic E-state index is 0.0303. The Morgan fingerprint density at radius 2 is 1.89 bits per heavy atom. The molecule has 0 aliphatic carbocycles. The lowest BCUT2D eigenvalue weighted by molar-refractivity contribution is 0.527. The van der Waals surface area contributed by atoms with Gasteiger partial charge in [0.15, 0.2) is 5.16 Å². The molecule has 142 valence electrons. The minimum Gasteiger partial charge on any atom is -0.420 e. The highest BCUT2D eigenvalue weighted by molar-refractivity contribution is 7.98. The van der Waals surface area contributed by atoms with Gasteiger partial charge in [-0.2, -0.15) is 0 Å². The topological polar surface area (TPSA) is 73.8 Å². The molecule has 2 aromatic carbocycles. The van der Waals surface area contributed by atoms with Crippen molar-refractivity contribution in [3.8, 4) is 11.5 Å². The zero-order chi connectivity index (χ0) is 19.5. The number of benzene rings is 2. The molecule has 6 nitrogen and oxygen atoms in total. The summed E-state index contributed by atoms with van der Waals surface area (Å²) in [6, 6.07) is 14.7. The van der Waals surface area contributed by atoms with Crippen molar-refractivity contribution in [2.45, 2.75) is 30.8 Å². The highest BCUT2D eigenvalue weighted by atomic mass is 35.5. The Labute approximate surface area is 170 Å². The Morgan fingerprint density at radius 3 is 2.71 bits per heavy atom. The van der Waals surface area contributed by atoms with Crippen LogP contribution in [0.3, 0.4) is 0 Å². The third-order valence-corrected chi connectivity index (χ3v) is 5.46. The van der Waals surface area contributed by atoms with Crippen LogP contribution in [0.5, 0.6) is 0 Å². The molecule has 2 heterocycles. The number of nitrogens with zero attached hydrogens (tertiary/aromatic N) is 4. The fourth-order valence-electron chi connectivity index (χ4n) is 2.86. The average molecular weight is 413 g/mol. The predicted octanol–water partition coefficient (Wildman–Crippen LogP) is 4.80. The van der Waals surface area contributed by atoms with E-state index in [2.05, 4.69) is 15.2 Å². The van der Waals surface area contributed by atoms with Crippen molar-refractivity contribution in [1.82, 2.24) is 19.7 Å². The first kappa shape index (κ1) is 18.7. The summed E-state index contributed by atoms with van der Waals surface area (Å²) < 4.78 is 7.45. The number of hydrogen-bond donors (Lipinski definition) is 0. The molecule has 28 heavy (non-hydrogen) atoms. The van der Waals surface area contributed by atoms with E-state index in [1.165, 1.54) is 11.8 Å². The number of fused-ring (bicyclic) bond motifs is 1. The van der Waals surface area contributed by atoms with Crippen LogP contribution < -0.4 is 5.56 Å². The Bertz CT molecular complexity index is 1190. The molecule has 0 N–H and O–H groups in total. The molecule has 8 heteroatoms. The van der Waals surface area contributed by atoms with Crippen molar-refractivity contribution in [3.63, 3.8) is 0 Å². The van der Waals surface area contributed by atoms with Crippen molar-refractivity contribution >= 4 is 34.3 Å². The van der Waals surface area contributed by atoms with E-state index in [-0.39, 0.29) is 5.56 Å². The van der Waals surface area contributed by atoms with Crippen LogP contribution >= 0.6 is 23.4 Å². The van der Waals surface area contributed by atoms with E-state index >= 15 is 0 Å². The first-order chi connectivity index (χ1) is 13.7. The maximum absolute atomic E-state index is 12.8. The first-order valence-electron chi connectivity index (χ1n) is 8.87. The van der Waals surface area contributed by atoms with E-state index in [1.54, 1.807) is 16.7 Å². The van der Waals surface area contributed by atoms with E-state index < -0.39 is 0 Å². The van der Waals surface area contributed by atoms with E-state index in [0.717, 1.165) is 6.42 Å². The van der Waals surface area contributed by atoms with Gasteiger partial charge >= 0.3 is 0 Å². The molecule has 0 aliphatic rings. The van der Waals surface area contributed by atoms with Gasteiger partial charge in [-0.25, -0.2) is 4.98 Å². The van der Waals surface area contributed by atoms with Gasteiger partial charge in [-0.05, 0) is 30.7 Å². The van der Waals surface area contributed by atoms with Crippen LogP contribution in [0.25, 0.3) is 22.4 Å². The van der Waals surface area contributed by atoms with Crippen LogP contribution in [0, 0.1) is 0 Å². The first-order valence-corrected chi connectivity index (χ1v) is 10.2. The molecule has 0 radical (unpaired) electrons. The quantitative estimate of drug-likeness (QED) is 0.334. The van der Waals surface area contributed by atoms with Crippen molar-refractivity contribution in [2.75, 3.05) is 0 Å². The standard InChI is InChI=1S/C20H17ClN4O2S/c1-2-11-25-19(26)14-8-4-6-10-16(14)22-20(25)28-12-17-23-24-18(27-17)13-7-3-5-9-15(13)21/h3-10H,2,11-12H2,1H3. The van der Waals surface area contributed by atoms with Gasteiger partial charge in [-0.15, -0.1) is 10.2 Å². The third-order valence-electron chi connectivity index (χ3n) is 4.17. The second-order valence-electron chi connectivity index (χ2n) is 6.14. The third kappa shape index (κ3) is 3.68. The fourth-order valence-corrected chi connectivity index (χ4v) is 3.94. The zero-order valence-electron chi connectivity index (χ0n) is 15.1. The molecular formula is C20H17ClN4O2S. The number of para-hydroxylation sites is 1. The Kier molecular flexibility index (Phi) is 5.45. The molecule has 2 aromatic heterocycles. The summed E-state index contributed by atoms with van der Waals surface area (Å²) in [7, 11) is 0. The van der Waals surface area contributed by atoms with Crippen LogP contribution in [-0.2, 0) is 12.3 Å². The molecule has 0 spiro atoms. The molecule has 0 fully saturated rings. The molecule has 4 rings (SSSR count). The van der Waals surface area contributed by atoms with Crippen LogP contribution in [0.2, 0.25) is 5.02 Å². The highest BCUT2D eigenvalue weighted by Gasteiger charge is 2.15. The maximum Gasteiger partial charge on any atom is 0.262 e. The van der Waals surface area contributed by atoms with Crippen LogP contribution in [-0.4, -0.2) is 19.7 Å². The average Bonchev–Trinajstić information content (AvgIpc) is 3.18. The van der Waals surface area contributed by atoms with E-state index in [4.69, 9.17) is 16.0 Å². The van der Waals surface area contributed by atoms with Gasteiger partial charge < -0.3 is 4.42 Å². The molecule has 0 aliphatic heterocycles. The number of thioether (sulfide) groups is 1. The predicted molar refractivity (Wildman–Crippen MR) is 111 cm³/mol. The summed E-state index contributed by atoms with van der Waals surface area (Å²) >= 11 is 7.59. The molecule has 0 bridgehead atoms. The Hall–Kier alpha value is -2.64. The zero-order valence-corrected chi connectivity index (χ0v) is 16.7. The van der Waals surface area contributed by atoms with E-state index in [1.807, 2.05) is 43.3 Å². The van der Waals surface area contributed by atoms with Gasteiger partial charge in [-0.1, -0.05) is 54.6 Å². The van der Waals surface area contributed by atoms with Gasteiger partial charge in [0, 0.05) is 6.54 Å². The second kappa shape index (κ2) is 8.16. The van der Waals surface area contributed by atoms with E-state index in [0.29, 0.717) is 50.7 Å². The van der Waals surface area contributed by atoms with Crippen LogP contribution in [0.15, 0.2) is 62.9 Å². The number of halogens is 1. The largest absolute Gasteiger partial charge is 0.420 e.